The average Bonchev–Trinajstić information content (AvgIpc) is 2.62. The molecule has 1 N–H and O–H groups in total. The number of aliphatic hydroxyl groups is 1. The van der Waals surface area contributed by atoms with E-state index in [4.69, 9.17) is 4.74 Å². The van der Waals surface area contributed by atoms with Crippen LogP contribution in [0.15, 0.2) is 11.6 Å². The van der Waals surface area contributed by atoms with Crippen LogP contribution in [0.4, 0.5) is 0 Å². The summed E-state index contributed by atoms with van der Waals surface area (Å²) in [6.45, 7) is 3.92. The Morgan fingerprint density at radius 1 is 1.54 bits per heavy atom. The van der Waals surface area contributed by atoms with Gasteiger partial charge in [-0.2, -0.15) is 0 Å². The molecule has 0 saturated carbocycles. The van der Waals surface area contributed by atoms with Crippen LogP contribution in [0.25, 0.3) is 0 Å². The van der Waals surface area contributed by atoms with E-state index in [2.05, 4.69) is 6.92 Å². The highest BCUT2D eigenvalue weighted by atomic mass is 16.5. The van der Waals surface area contributed by atoms with Crippen molar-refractivity contribution in [2.45, 2.75) is 51.4 Å². The summed E-state index contributed by atoms with van der Waals surface area (Å²) in [6.07, 6.45) is 6.20. The average molecular weight is 182 g/mol. The number of hydrogen-bond acceptors (Lipinski definition) is 2. The van der Waals surface area contributed by atoms with Crippen LogP contribution < -0.4 is 0 Å². The summed E-state index contributed by atoms with van der Waals surface area (Å²) in [7, 11) is 0. The van der Waals surface area contributed by atoms with Crippen molar-refractivity contribution in [2.75, 3.05) is 0 Å². The minimum Gasteiger partial charge on any atom is -0.389 e. The Labute approximate surface area is 79.6 Å². The summed E-state index contributed by atoms with van der Waals surface area (Å²) < 4.78 is 5.77. The molecule has 4 unspecified atom stereocenters. The quantitative estimate of drug-likeness (QED) is 0.661. The lowest BCUT2D eigenvalue weighted by Crippen LogP contribution is -2.18. The Bertz CT molecular complexity index is 220. The molecular weight excluding hydrogens is 164 g/mol. The third-order valence-electron chi connectivity index (χ3n) is 3.19. The minimum absolute atomic E-state index is 0.320. The lowest BCUT2D eigenvalue weighted by atomic mass is 9.84. The van der Waals surface area contributed by atoms with Crippen LogP contribution in [0.3, 0.4) is 0 Å². The second-order valence-electron chi connectivity index (χ2n) is 4.37. The number of rotatable bonds is 2. The summed E-state index contributed by atoms with van der Waals surface area (Å²) in [5.41, 5.74) is 1.31. The van der Waals surface area contributed by atoms with Gasteiger partial charge in [-0.1, -0.05) is 11.6 Å². The van der Waals surface area contributed by atoms with Crippen LogP contribution in [0.2, 0.25) is 0 Å². The van der Waals surface area contributed by atoms with E-state index in [0.29, 0.717) is 18.1 Å². The van der Waals surface area contributed by atoms with E-state index in [9.17, 15) is 5.11 Å². The van der Waals surface area contributed by atoms with Crippen molar-refractivity contribution in [1.82, 2.24) is 0 Å². The van der Waals surface area contributed by atoms with Crippen molar-refractivity contribution < 1.29 is 9.84 Å². The predicted octanol–water partition coefficient (Wildman–Crippen LogP) is 1.88. The molecule has 2 aliphatic rings. The maximum Gasteiger partial charge on any atom is 0.0695 e. The zero-order valence-corrected chi connectivity index (χ0v) is 8.36. The minimum atomic E-state index is -0.320. The monoisotopic (exact) mass is 182 g/mol. The zero-order valence-electron chi connectivity index (χ0n) is 8.36. The molecule has 0 spiro atoms. The van der Waals surface area contributed by atoms with Crippen LogP contribution in [0, 0.1) is 5.92 Å². The largest absolute Gasteiger partial charge is 0.389 e. The Kier molecular flexibility index (Phi) is 2.43. The SMILES string of the molecule is C/C(=C/C(C)O)C1CC2CCC1O2. The van der Waals surface area contributed by atoms with Gasteiger partial charge in [0.1, 0.15) is 0 Å². The summed E-state index contributed by atoms with van der Waals surface area (Å²) in [6, 6.07) is 0. The highest BCUT2D eigenvalue weighted by molar-refractivity contribution is 5.12. The molecule has 0 aromatic rings. The summed E-state index contributed by atoms with van der Waals surface area (Å²) in [5.74, 6) is 0.577. The standard InChI is InChI=1S/C11H18O2/c1-7(5-8(2)12)10-6-9-3-4-11(10)13-9/h5,8-12H,3-4,6H2,1-2H3/b7-5-. The van der Waals surface area contributed by atoms with Crippen molar-refractivity contribution in [2.24, 2.45) is 5.92 Å². The van der Waals surface area contributed by atoms with Gasteiger partial charge in [-0.3, -0.25) is 0 Å². The summed E-state index contributed by atoms with van der Waals surface area (Å²) in [4.78, 5) is 0. The highest BCUT2D eigenvalue weighted by Crippen LogP contribution is 2.42. The Hall–Kier alpha value is -0.340. The van der Waals surface area contributed by atoms with Crippen molar-refractivity contribution in [1.29, 1.82) is 0 Å². The highest BCUT2D eigenvalue weighted by Gasteiger charge is 2.41. The van der Waals surface area contributed by atoms with Crippen LogP contribution in [0.5, 0.6) is 0 Å². The fourth-order valence-electron chi connectivity index (χ4n) is 2.62. The first kappa shape index (κ1) is 9.22. The molecular formula is C11H18O2. The van der Waals surface area contributed by atoms with Crippen LogP contribution in [-0.4, -0.2) is 23.4 Å². The van der Waals surface area contributed by atoms with Gasteiger partial charge >= 0.3 is 0 Å². The molecule has 2 heteroatoms. The Morgan fingerprint density at radius 3 is 2.77 bits per heavy atom. The molecule has 74 valence electrons. The molecule has 0 aromatic heterocycles. The number of hydrogen-bond donors (Lipinski definition) is 1. The first-order valence-corrected chi connectivity index (χ1v) is 5.18. The van der Waals surface area contributed by atoms with Crippen molar-refractivity contribution in [3.8, 4) is 0 Å². The van der Waals surface area contributed by atoms with E-state index < -0.39 is 0 Å². The molecule has 2 rings (SSSR count). The fourth-order valence-corrected chi connectivity index (χ4v) is 2.62. The van der Waals surface area contributed by atoms with Crippen molar-refractivity contribution in [3.63, 3.8) is 0 Å². The molecule has 0 radical (unpaired) electrons. The third-order valence-corrected chi connectivity index (χ3v) is 3.19. The van der Waals surface area contributed by atoms with E-state index in [1.165, 1.54) is 24.8 Å². The number of ether oxygens (including phenoxy) is 1. The predicted molar refractivity (Wildman–Crippen MR) is 51.4 cm³/mol. The van der Waals surface area contributed by atoms with Gasteiger partial charge in [0, 0.05) is 5.92 Å². The molecule has 2 nitrogen and oxygen atoms in total. The van der Waals surface area contributed by atoms with Crippen LogP contribution in [0.1, 0.15) is 33.1 Å². The molecule has 2 bridgehead atoms. The molecule has 0 amide bonds. The van der Waals surface area contributed by atoms with Gasteiger partial charge in [-0.15, -0.1) is 0 Å². The van der Waals surface area contributed by atoms with Gasteiger partial charge in [0.15, 0.2) is 0 Å². The Balaban J connectivity index is 2.02. The zero-order chi connectivity index (χ0) is 9.42. The third kappa shape index (κ3) is 1.79. The first-order chi connectivity index (χ1) is 6.16. The molecule has 0 aliphatic carbocycles. The smallest absolute Gasteiger partial charge is 0.0695 e. The van der Waals surface area contributed by atoms with Gasteiger partial charge in [-0.05, 0) is 33.1 Å². The summed E-state index contributed by atoms with van der Waals surface area (Å²) >= 11 is 0. The molecule has 2 heterocycles. The van der Waals surface area contributed by atoms with Gasteiger partial charge in [0.2, 0.25) is 0 Å². The van der Waals surface area contributed by atoms with Crippen molar-refractivity contribution in [3.05, 3.63) is 11.6 Å². The van der Waals surface area contributed by atoms with E-state index >= 15 is 0 Å². The van der Waals surface area contributed by atoms with Gasteiger partial charge < -0.3 is 9.84 Å². The Morgan fingerprint density at radius 2 is 2.31 bits per heavy atom. The van der Waals surface area contributed by atoms with Crippen molar-refractivity contribution >= 4 is 0 Å². The molecule has 13 heavy (non-hydrogen) atoms. The number of aliphatic hydroxyl groups excluding tert-OH is 1. The second-order valence-corrected chi connectivity index (χ2v) is 4.37. The van der Waals surface area contributed by atoms with E-state index in [0.717, 1.165) is 0 Å². The fraction of sp³-hybridized carbons (Fsp3) is 0.818. The molecule has 4 atom stereocenters. The number of fused-ring (bicyclic) bond motifs is 2. The maximum absolute atomic E-state index is 9.24. The summed E-state index contributed by atoms with van der Waals surface area (Å²) in [5, 5.41) is 9.24. The lowest BCUT2D eigenvalue weighted by molar-refractivity contribution is 0.0965. The first-order valence-electron chi connectivity index (χ1n) is 5.18. The van der Waals surface area contributed by atoms with Crippen LogP contribution >= 0.6 is 0 Å². The molecule has 2 fully saturated rings. The van der Waals surface area contributed by atoms with Gasteiger partial charge in [0.05, 0.1) is 18.3 Å². The normalized spacial score (nSPS) is 41.2. The topological polar surface area (TPSA) is 29.5 Å². The van der Waals surface area contributed by atoms with Gasteiger partial charge in [-0.25, -0.2) is 0 Å². The van der Waals surface area contributed by atoms with E-state index in [1.54, 1.807) is 6.92 Å². The van der Waals surface area contributed by atoms with E-state index in [1.807, 2.05) is 6.08 Å². The maximum atomic E-state index is 9.24. The molecule has 2 aliphatic heterocycles. The molecule has 0 aromatic carbocycles. The lowest BCUT2D eigenvalue weighted by Gasteiger charge is -2.19. The van der Waals surface area contributed by atoms with E-state index in [-0.39, 0.29) is 6.10 Å². The van der Waals surface area contributed by atoms with Crippen LogP contribution in [-0.2, 0) is 4.74 Å². The molecule has 2 saturated heterocycles. The second kappa shape index (κ2) is 3.43. The van der Waals surface area contributed by atoms with Gasteiger partial charge in [0.25, 0.3) is 0 Å².